The number of alkyl halides is 3. The third-order valence-electron chi connectivity index (χ3n) is 4.21. The summed E-state index contributed by atoms with van der Waals surface area (Å²) in [6, 6.07) is 7.01. The molecule has 0 aliphatic heterocycles. The van der Waals surface area contributed by atoms with Crippen molar-refractivity contribution in [1.82, 2.24) is 0 Å². The van der Waals surface area contributed by atoms with Gasteiger partial charge >= 0.3 is 6.18 Å². The molecular formula is C16H21F3N2O. The van der Waals surface area contributed by atoms with E-state index in [-0.39, 0.29) is 24.8 Å². The summed E-state index contributed by atoms with van der Waals surface area (Å²) in [5.41, 5.74) is 1.47. The number of carbonyl (C=O) groups is 1. The third-order valence-corrected chi connectivity index (χ3v) is 4.21. The molecule has 1 aromatic carbocycles. The average Bonchev–Trinajstić information content (AvgIpc) is 2.46. The van der Waals surface area contributed by atoms with Gasteiger partial charge in [-0.25, -0.2) is 0 Å². The zero-order valence-electron chi connectivity index (χ0n) is 12.8. The number of nitrogens with zero attached hydrogens (tertiary/aromatic N) is 1. The van der Waals surface area contributed by atoms with Crippen molar-refractivity contribution in [2.45, 2.75) is 44.8 Å². The molecule has 1 aliphatic carbocycles. The molecule has 1 amide bonds. The SMILES string of the molecule is CC(=O)N(C)c1cccc(N[C@H]2CCC[C@H](C(F)(F)F)C2)c1. The molecule has 0 aromatic heterocycles. The van der Waals surface area contributed by atoms with E-state index >= 15 is 0 Å². The van der Waals surface area contributed by atoms with Crippen LogP contribution in [0.5, 0.6) is 0 Å². The monoisotopic (exact) mass is 314 g/mol. The fourth-order valence-electron chi connectivity index (χ4n) is 2.84. The first-order valence-electron chi connectivity index (χ1n) is 7.45. The van der Waals surface area contributed by atoms with Crippen molar-refractivity contribution >= 4 is 17.3 Å². The van der Waals surface area contributed by atoms with Gasteiger partial charge in [0, 0.05) is 31.4 Å². The second kappa shape index (κ2) is 6.58. The molecule has 0 saturated heterocycles. The number of hydrogen-bond acceptors (Lipinski definition) is 2. The van der Waals surface area contributed by atoms with Crippen LogP contribution in [-0.4, -0.2) is 25.2 Å². The van der Waals surface area contributed by atoms with E-state index in [2.05, 4.69) is 5.32 Å². The molecular weight excluding hydrogens is 293 g/mol. The molecule has 6 heteroatoms. The van der Waals surface area contributed by atoms with Crippen molar-refractivity contribution < 1.29 is 18.0 Å². The van der Waals surface area contributed by atoms with Gasteiger partial charge in [-0.15, -0.1) is 0 Å². The summed E-state index contributed by atoms with van der Waals surface area (Å²) in [7, 11) is 1.67. The minimum Gasteiger partial charge on any atom is -0.382 e. The predicted molar refractivity (Wildman–Crippen MR) is 80.9 cm³/mol. The Bertz CT molecular complexity index is 530. The molecule has 0 bridgehead atoms. The standard InChI is InChI=1S/C16H21F3N2O/c1-11(22)21(2)15-8-4-7-14(10-15)20-13-6-3-5-12(9-13)16(17,18)19/h4,7-8,10,12-13,20H,3,5-6,9H2,1-2H3/t12-,13-/m0/s1. The van der Waals surface area contributed by atoms with Gasteiger partial charge in [-0.2, -0.15) is 13.2 Å². The summed E-state index contributed by atoms with van der Waals surface area (Å²) < 4.78 is 38.5. The number of benzene rings is 1. The van der Waals surface area contributed by atoms with E-state index in [1.165, 1.54) is 11.8 Å². The van der Waals surface area contributed by atoms with Gasteiger partial charge in [-0.3, -0.25) is 4.79 Å². The maximum atomic E-state index is 12.8. The smallest absolute Gasteiger partial charge is 0.382 e. The molecule has 3 nitrogen and oxygen atoms in total. The van der Waals surface area contributed by atoms with Gasteiger partial charge in [0.05, 0.1) is 5.92 Å². The minimum atomic E-state index is -4.11. The van der Waals surface area contributed by atoms with Gasteiger partial charge in [0.1, 0.15) is 0 Å². The van der Waals surface area contributed by atoms with Gasteiger partial charge in [-0.05, 0) is 37.5 Å². The van der Waals surface area contributed by atoms with E-state index in [0.29, 0.717) is 6.42 Å². The lowest BCUT2D eigenvalue weighted by Crippen LogP contribution is -2.34. The Balaban J connectivity index is 2.04. The molecule has 0 radical (unpaired) electrons. The number of carbonyl (C=O) groups excluding carboxylic acids is 1. The van der Waals surface area contributed by atoms with Gasteiger partial charge in [0.25, 0.3) is 0 Å². The topological polar surface area (TPSA) is 32.3 Å². The Hall–Kier alpha value is -1.72. The fourth-order valence-corrected chi connectivity index (χ4v) is 2.84. The van der Waals surface area contributed by atoms with Crippen molar-refractivity contribution in [2.24, 2.45) is 5.92 Å². The maximum Gasteiger partial charge on any atom is 0.391 e. The quantitative estimate of drug-likeness (QED) is 0.907. The molecule has 1 aromatic rings. The second-order valence-electron chi connectivity index (χ2n) is 5.87. The van der Waals surface area contributed by atoms with E-state index in [0.717, 1.165) is 17.8 Å². The van der Waals surface area contributed by atoms with Crippen LogP contribution in [0, 0.1) is 5.92 Å². The Morgan fingerprint density at radius 1 is 1.32 bits per heavy atom. The highest BCUT2D eigenvalue weighted by molar-refractivity contribution is 5.91. The molecule has 122 valence electrons. The van der Waals surface area contributed by atoms with E-state index in [1.807, 2.05) is 6.07 Å². The minimum absolute atomic E-state index is 0.0908. The van der Waals surface area contributed by atoms with E-state index in [1.54, 1.807) is 25.2 Å². The van der Waals surface area contributed by atoms with Crippen molar-refractivity contribution in [3.05, 3.63) is 24.3 Å². The van der Waals surface area contributed by atoms with Crippen LogP contribution in [0.25, 0.3) is 0 Å². The molecule has 1 saturated carbocycles. The second-order valence-corrected chi connectivity index (χ2v) is 5.87. The number of rotatable bonds is 3. The molecule has 2 rings (SSSR count). The highest BCUT2D eigenvalue weighted by Crippen LogP contribution is 2.38. The Morgan fingerprint density at radius 3 is 2.68 bits per heavy atom. The summed E-state index contributed by atoms with van der Waals surface area (Å²) in [4.78, 5) is 12.9. The van der Waals surface area contributed by atoms with Gasteiger partial charge < -0.3 is 10.2 Å². The molecule has 0 unspecified atom stereocenters. The van der Waals surface area contributed by atoms with Crippen molar-refractivity contribution in [3.63, 3.8) is 0 Å². The lowest BCUT2D eigenvalue weighted by atomic mass is 9.85. The lowest BCUT2D eigenvalue weighted by molar-refractivity contribution is -0.182. The molecule has 22 heavy (non-hydrogen) atoms. The van der Waals surface area contributed by atoms with Crippen LogP contribution < -0.4 is 10.2 Å². The van der Waals surface area contributed by atoms with Crippen LogP contribution in [0.3, 0.4) is 0 Å². The molecule has 0 heterocycles. The summed E-state index contributed by atoms with van der Waals surface area (Å²) in [6.07, 6.45) is -2.48. The predicted octanol–water partition coefficient (Wildman–Crippen LogP) is 4.20. The first-order chi connectivity index (χ1) is 10.3. The average molecular weight is 314 g/mol. The van der Waals surface area contributed by atoms with Crippen LogP contribution in [0.2, 0.25) is 0 Å². The molecule has 1 N–H and O–H groups in total. The van der Waals surface area contributed by atoms with Gasteiger partial charge in [0.2, 0.25) is 5.91 Å². The molecule has 1 aliphatic rings. The zero-order valence-corrected chi connectivity index (χ0v) is 12.8. The van der Waals surface area contributed by atoms with E-state index < -0.39 is 12.1 Å². The van der Waals surface area contributed by atoms with E-state index in [4.69, 9.17) is 0 Å². The maximum absolute atomic E-state index is 12.8. The number of anilines is 2. The van der Waals surface area contributed by atoms with Crippen molar-refractivity contribution in [1.29, 1.82) is 0 Å². The van der Waals surface area contributed by atoms with Crippen molar-refractivity contribution in [3.8, 4) is 0 Å². The third kappa shape index (κ3) is 4.15. The first-order valence-corrected chi connectivity index (χ1v) is 7.45. The molecule has 1 fully saturated rings. The summed E-state index contributed by atoms with van der Waals surface area (Å²) in [5, 5.41) is 3.18. The Kier molecular flexibility index (Phi) is 4.98. The Labute approximate surface area is 128 Å². The molecule has 2 atom stereocenters. The van der Waals surface area contributed by atoms with Gasteiger partial charge in [-0.1, -0.05) is 12.5 Å². The normalized spacial score (nSPS) is 22.2. The number of amides is 1. The van der Waals surface area contributed by atoms with Crippen molar-refractivity contribution in [2.75, 3.05) is 17.3 Å². The number of hydrogen-bond donors (Lipinski definition) is 1. The summed E-state index contributed by atoms with van der Waals surface area (Å²) in [5.74, 6) is -1.31. The highest BCUT2D eigenvalue weighted by Gasteiger charge is 2.42. The number of nitrogens with one attached hydrogen (secondary N) is 1. The highest BCUT2D eigenvalue weighted by atomic mass is 19.4. The summed E-state index contributed by atoms with van der Waals surface area (Å²) in [6.45, 7) is 1.47. The van der Waals surface area contributed by atoms with E-state index in [9.17, 15) is 18.0 Å². The van der Waals surface area contributed by atoms with Crippen LogP contribution in [0.15, 0.2) is 24.3 Å². The van der Waals surface area contributed by atoms with Gasteiger partial charge in [0.15, 0.2) is 0 Å². The first kappa shape index (κ1) is 16.6. The fraction of sp³-hybridized carbons (Fsp3) is 0.562. The largest absolute Gasteiger partial charge is 0.391 e. The Morgan fingerprint density at radius 2 is 2.05 bits per heavy atom. The number of halogens is 3. The van der Waals surface area contributed by atoms with Crippen LogP contribution in [-0.2, 0) is 4.79 Å². The lowest BCUT2D eigenvalue weighted by Gasteiger charge is -2.31. The van der Waals surface area contributed by atoms with Crippen LogP contribution >= 0.6 is 0 Å². The van der Waals surface area contributed by atoms with Crippen LogP contribution in [0.4, 0.5) is 24.5 Å². The zero-order chi connectivity index (χ0) is 16.3. The summed E-state index contributed by atoms with van der Waals surface area (Å²) >= 11 is 0. The molecule has 0 spiro atoms. The van der Waals surface area contributed by atoms with Crippen LogP contribution in [0.1, 0.15) is 32.6 Å².